The van der Waals surface area contributed by atoms with Crippen molar-refractivity contribution in [2.75, 3.05) is 75.1 Å². The molecule has 0 spiro atoms. The Morgan fingerprint density at radius 1 is 1.09 bits per heavy atom. The largest absolute Gasteiger partial charge is 0.381 e. The van der Waals surface area contributed by atoms with E-state index in [1.807, 2.05) is 48.2 Å². The second-order valence-electron chi connectivity index (χ2n) is 8.94. The number of morpholine rings is 1. The fourth-order valence-electron chi connectivity index (χ4n) is 4.60. The van der Waals surface area contributed by atoms with Crippen molar-refractivity contribution in [3.8, 4) is 0 Å². The average molecular weight is 471 g/mol. The third-order valence-corrected chi connectivity index (χ3v) is 6.60. The van der Waals surface area contributed by atoms with Gasteiger partial charge in [0.2, 0.25) is 5.95 Å². The topological polar surface area (TPSA) is 92.3 Å². The van der Waals surface area contributed by atoms with E-state index >= 15 is 0 Å². The van der Waals surface area contributed by atoms with Gasteiger partial charge in [-0.2, -0.15) is 4.98 Å². The lowest BCUT2D eigenvalue weighted by molar-refractivity contribution is 0.0303. The molecule has 4 heterocycles. The minimum Gasteiger partial charge on any atom is -0.381 e. The zero-order chi connectivity index (χ0) is 23.5. The maximum absolute atomic E-state index is 12.8. The van der Waals surface area contributed by atoms with E-state index < -0.39 is 0 Å². The molecule has 0 atom stereocenters. The minimum atomic E-state index is 0. The molecule has 3 aliphatic heterocycles. The molecule has 0 radical (unpaired) electrons. The van der Waals surface area contributed by atoms with Crippen LogP contribution in [-0.4, -0.2) is 86.8 Å². The van der Waals surface area contributed by atoms with E-state index in [9.17, 15) is 4.79 Å². The molecule has 0 saturated carbocycles. The Kier molecular flexibility index (Phi) is 6.80. The average Bonchev–Trinajstić information content (AvgIpc) is 3.04. The van der Waals surface area contributed by atoms with Gasteiger partial charge in [-0.25, -0.2) is 4.98 Å². The number of hydrogen-bond donors (Lipinski definition) is 1. The van der Waals surface area contributed by atoms with Crippen molar-refractivity contribution in [1.82, 2.24) is 14.9 Å². The van der Waals surface area contributed by atoms with Gasteiger partial charge in [-0.15, -0.1) is 0 Å². The molecule has 2 fully saturated rings. The molecule has 1 aromatic carbocycles. The second kappa shape index (κ2) is 10.1. The van der Waals surface area contributed by atoms with Crippen molar-refractivity contribution < 1.29 is 20.4 Å². The molecule has 1 N–H and O–H groups in total. The van der Waals surface area contributed by atoms with Gasteiger partial charge in [-0.3, -0.25) is 4.79 Å². The molecule has 0 bridgehead atoms. The van der Waals surface area contributed by atoms with Crippen LogP contribution < -0.4 is 15.1 Å². The van der Waals surface area contributed by atoms with Crippen LogP contribution in [0.1, 0.15) is 30.2 Å². The number of rotatable bonds is 4. The first-order valence-electron chi connectivity index (χ1n) is 11.8. The number of anilines is 4. The molecule has 1 amide bonds. The SMILES string of the molecule is Cc1cc(C(=O)N2CCOCC2)ccc1Nc1ncc2c(n1)N(C1CCOCC1)COCN2C.[HH]. The van der Waals surface area contributed by atoms with Gasteiger partial charge in [0.25, 0.3) is 5.91 Å². The monoisotopic (exact) mass is 470 g/mol. The van der Waals surface area contributed by atoms with Gasteiger partial charge in [0, 0.05) is 52.1 Å². The van der Waals surface area contributed by atoms with Crippen LogP contribution >= 0.6 is 0 Å². The third-order valence-electron chi connectivity index (χ3n) is 6.60. The van der Waals surface area contributed by atoms with Crippen molar-refractivity contribution in [2.24, 2.45) is 0 Å². The Morgan fingerprint density at radius 3 is 2.62 bits per heavy atom. The highest BCUT2D eigenvalue weighted by Gasteiger charge is 2.29. The van der Waals surface area contributed by atoms with Gasteiger partial charge in [0.15, 0.2) is 5.82 Å². The molecule has 0 aliphatic carbocycles. The summed E-state index contributed by atoms with van der Waals surface area (Å²) >= 11 is 0. The van der Waals surface area contributed by atoms with Crippen LogP contribution in [0, 0.1) is 6.92 Å². The first kappa shape index (κ1) is 22.8. The zero-order valence-corrected chi connectivity index (χ0v) is 19.8. The summed E-state index contributed by atoms with van der Waals surface area (Å²) in [7, 11) is 1.98. The van der Waals surface area contributed by atoms with Crippen molar-refractivity contribution >= 4 is 29.0 Å². The summed E-state index contributed by atoms with van der Waals surface area (Å²) in [6.45, 7) is 6.88. The van der Waals surface area contributed by atoms with E-state index in [2.05, 4.69) is 15.2 Å². The van der Waals surface area contributed by atoms with Gasteiger partial charge in [0.05, 0.1) is 19.4 Å². The van der Waals surface area contributed by atoms with Crippen molar-refractivity contribution in [3.63, 3.8) is 0 Å². The Balaban J connectivity index is 0.00000289. The number of carbonyl (C=O) groups excluding carboxylic acids is 1. The van der Waals surface area contributed by atoms with Crippen LogP contribution in [0.25, 0.3) is 0 Å². The Labute approximate surface area is 201 Å². The lowest BCUT2D eigenvalue weighted by Gasteiger charge is -2.34. The van der Waals surface area contributed by atoms with Gasteiger partial charge in [0.1, 0.15) is 19.1 Å². The van der Waals surface area contributed by atoms with Crippen LogP contribution in [0.5, 0.6) is 0 Å². The van der Waals surface area contributed by atoms with Gasteiger partial charge >= 0.3 is 0 Å². The first-order chi connectivity index (χ1) is 16.6. The van der Waals surface area contributed by atoms with E-state index in [1.165, 1.54) is 0 Å². The molecule has 184 valence electrons. The Bertz CT molecular complexity index is 1030. The summed E-state index contributed by atoms with van der Waals surface area (Å²) in [6.07, 6.45) is 3.73. The zero-order valence-electron chi connectivity index (χ0n) is 19.8. The summed E-state index contributed by atoms with van der Waals surface area (Å²) in [5.41, 5.74) is 3.45. The van der Waals surface area contributed by atoms with E-state index in [4.69, 9.17) is 19.2 Å². The smallest absolute Gasteiger partial charge is 0.254 e. The maximum Gasteiger partial charge on any atom is 0.254 e. The van der Waals surface area contributed by atoms with Crippen molar-refractivity contribution in [3.05, 3.63) is 35.5 Å². The quantitative estimate of drug-likeness (QED) is 0.724. The van der Waals surface area contributed by atoms with Gasteiger partial charge in [-0.1, -0.05) is 0 Å². The predicted molar refractivity (Wildman–Crippen MR) is 131 cm³/mol. The summed E-state index contributed by atoms with van der Waals surface area (Å²) in [5.74, 6) is 1.41. The lowest BCUT2D eigenvalue weighted by atomic mass is 10.1. The molecule has 2 saturated heterocycles. The number of aromatic nitrogens is 2. The second-order valence-corrected chi connectivity index (χ2v) is 8.94. The molecule has 34 heavy (non-hydrogen) atoms. The number of nitrogens with zero attached hydrogens (tertiary/aromatic N) is 5. The molecule has 10 nitrogen and oxygen atoms in total. The molecule has 2 aromatic rings. The van der Waals surface area contributed by atoms with Crippen molar-refractivity contribution in [1.29, 1.82) is 0 Å². The first-order valence-corrected chi connectivity index (χ1v) is 11.8. The van der Waals surface area contributed by atoms with Crippen LogP contribution in [0.15, 0.2) is 24.4 Å². The van der Waals surface area contributed by atoms with E-state index in [0.717, 1.165) is 48.8 Å². The Morgan fingerprint density at radius 2 is 1.85 bits per heavy atom. The number of benzene rings is 1. The number of aryl methyl sites for hydroxylation is 1. The van der Waals surface area contributed by atoms with Crippen LogP contribution in [0.4, 0.5) is 23.1 Å². The minimum absolute atomic E-state index is 0. The highest BCUT2D eigenvalue weighted by Crippen LogP contribution is 2.33. The number of fused-ring (bicyclic) bond motifs is 1. The van der Waals surface area contributed by atoms with E-state index in [1.54, 1.807) is 0 Å². The third kappa shape index (κ3) is 4.79. The molecular weight excluding hydrogens is 436 g/mol. The van der Waals surface area contributed by atoms with Crippen LogP contribution in [0.2, 0.25) is 0 Å². The molecule has 10 heteroatoms. The lowest BCUT2D eigenvalue weighted by Crippen LogP contribution is -2.41. The van der Waals surface area contributed by atoms with Crippen molar-refractivity contribution in [2.45, 2.75) is 25.8 Å². The highest BCUT2D eigenvalue weighted by molar-refractivity contribution is 5.95. The summed E-state index contributed by atoms with van der Waals surface area (Å²) in [4.78, 5) is 28.4. The van der Waals surface area contributed by atoms with Crippen LogP contribution in [0.3, 0.4) is 0 Å². The molecule has 5 rings (SSSR count). The number of carbonyl (C=O) groups is 1. The number of nitrogens with one attached hydrogen (secondary N) is 1. The summed E-state index contributed by atoms with van der Waals surface area (Å²) in [5, 5.41) is 3.35. The standard InChI is InChI=1S/C24H32N6O4.H2/c1-17-13-18(23(31)29-7-11-33-12-8-29)3-4-20(17)26-24-25-14-21-22(27-24)30(16-34-15-28(21)2)19-5-9-32-10-6-19;/h3-4,13-14,19H,5-12,15-16H2,1-2H3,(H,25,26,27);1H. The summed E-state index contributed by atoms with van der Waals surface area (Å²) < 4.78 is 16.8. The van der Waals surface area contributed by atoms with Gasteiger partial charge < -0.3 is 34.2 Å². The van der Waals surface area contributed by atoms with Crippen LogP contribution in [-0.2, 0) is 14.2 Å². The van der Waals surface area contributed by atoms with Gasteiger partial charge in [-0.05, 0) is 43.5 Å². The number of ether oxygens (including phenoxy) is 3. The van der Waals surface area contributed by atoms with E-state index in [0.29, 0.717) is 57.3 Å². The summed E-state index contributed by atoms with van der Waals surface area (Å²) in [6, 6.07) is 6.00. The van der Waals surface area contributed by atoms with E-state index in [-0.39, 0.29) is 7.33 Å². The predicted octanol–water partition coefficient (Wildman–Crippen LogP) is 2.61. The molecule has 3 aliphatic rings. The highest BCUT2D eigenvalue weighted by atomic mass is 16.5. The number of amides is 1. The fourth-order valence-corrected chi connectivity index (χ4v) is 4.60. The normalized spacial score (nSPS) is 19.5. The fraction of sp³-hybridized carbons (Fsp3) is 0.542. The molecule has 1 aromatic heterocycles. The molecular formula is C24H34N6O4. The molecule has 0 unspecified atom stereocenters. The number of hydrogen-bond acceptors (Lipinski definition) is 9. The maximum atomic E-state index is 12.8. The Hall–Kier alpha value is -2.95.